The largest absolute Gasteiger partial charge is 0.744 e. The van der Waals surface area contributed by atoms with Gasteiger partial charge in [0.25, 0.3) is 0 Å². The Labute approximate surface area is 259 Å². The first-order valence-electron chi connectivity index (χ1n) is 14.7. The van der Waals surface area contributed by atoms with Gasteiger partial charge < -0.3 is 9.45 Å². The van der Waals surface area contributed by atoms with Crippen LogP contribution in [0.3, 0.4) is 0 Å². The van der Waals surface area contributed by atoms with E-state index >= 15 is 0 Å². The molecule has 0 saturated carbocycles. The van der Waals surface area contributed by atoms with E-state index in [1.54, 1.807) is 13.0 Å². The molecular weight excluding hydrogens is 572 g/mol. The average molecular weight is 611 g/mol. The first-order valence-corrected chi connectivity index (χ1v) is 16.1. The summed E-state index contributed by atoms with van der Waals surface area (Å²) in [6.45, 7) is 16.1. The smallest absolute Gasteiger partial charge is 0.209 e. The topological polar surface area (TPSA) is 115 Å². The molecule has 0 fully saturated rings. The van der Waals surface area contributed by atoms with Crippen molar-refractivity contribution in [2.45, 2.75) is 64.2 Å². The van der Waals surface area contributed by atoms with Gasteiger partial charge in [-0.15, -0.1) is 20.4 Å². The summed E-state index contributed by atoms with van der Waals surface area (Å²) in [5.41, 5.74) is 6.82. The van der Waals surface area contributed by atoms with Gasteiger partial charge in [0.15, 0.2) is 17.4 Å². The maximum atomic E-state index is 11.7. The second kappa shape index (κ2) is 11.7. The Balaban J connectivity index is 1.38. The number of rotatable bonds is 8. The predicted octanol–water partition coefficient (Wildman–Crippen LogP) is 5.86. The Hall–Kier alpha value is -4.28. The number of allylic oxidation sites excluding steroid dienone is 6. The van der Waals surface area contributed by atoms with Crippen molar-refractivity contribution in [3.8, 4) is 0 Å². The zero-order chi connectivity index (χ0) is 31.9. The number of hydrogen-bond acceptors (Lipinski definition) is 8. The zero-order valence-electron chi connectivity index (χ0n) is 26.2. The van der Waals surface area contributed by atoms with Crippen LogP contribution in [-0.2, 0) is 20.9 Å². The number of hydrogen-bond donors (Lipinski definition) is 0. The molecule has 0 atom stereocenters. The van der Waals surface area contributed by atoms with Gasteiger partial charge in [-0.05, 0) is 88.2 Å². The highest BCUT2D eigenvalue weighted by Gasteiger charge is 2.44. The summed E-state index contributed by atoms with van der Waals surface area (Å²) in [4.78, 5) is 1.97. The van der Waals surface area contributed by atoms with Crippen LogP contribution in [0.1, 0.15) is 69.9 Å². The van der Waals surface area contributed by atoms with E-state index in [2.05, 4.69) is 108 Å². The minimum Gasteiger partial charge on any atom is -0.744 e. The van der Waals surface area contributed by atoms with Gasteiger partial charge in [-0.1, -0.05) is 38.2 Å². The molecule has 3 aromatic rings. The molecule has 3 heterocycles. The summed E-state index contributed by atoms with van der Waals surface area (Å²) in [6.07, 6.45) is 14.1. The highest BCUT2D eigenvalue weighted by atomic mass is 32.2. The van der Waals surface area contributed by atoms with Crippen molar-refractivity contribution >= 4 is 39.4 Å². The van der Waals surface area contributed by atoms with Crippen molar-refractivity contribution in [1.29, 1.82) is 0 Å². The average Bonchev–Trinajstić information content (AvgIpc) is 3.33. The fourth-order valence-electron chi connectivity index (χ4n) is 6.17. The first kappa shape index (κ1) is 31.2. The van der Waals surface area contributed by atoms with E-state index in [-0.39, 0.29) is 10.3 Å². The molecule has 0 spiro atoms. The van der Waals surface area contributed by atoms with Crippen LogP contribution in [0.5, 0.6) is 0 Å². The highest BCUT2D eigenvalue weighted by Crippen LogP contribution is 2.48. The molecule has 0 aliphatic carbocycles. The van der Waals surface area contributed by atoms with Crippen LogP contribution in [0.2, 0.25) is 0 Å². The quantitative estimate of drug-likeness (QED) is 0.177. The SMILES string of the molecule is CCN1/C(=C/C=C/C=C/C2=[N+](CC)c3ccc(/C=C/c4nnc(C)nn4)cc3C2(C)C)C(C)(C)c2cc(S(=O)(=O)[O-])ccc21. The summed E-state index contributed by atoms with van der Waals surface area (Å²) >= 11 is 0. The van der Waals surface area contributed by atoms with Crippen LogP contribution in [0, 0.1) is 6.92 Å². The van der Waals surface area contributed by atoms with Gasteiger partial charge >= 0.3 is 0 Å². The standard InChI is InChI=1S/C34H38N6O3S/c1-8-39-28-18-15-24(16-20-32-37-35-23(3)36-38-32)21-26(28)33(4,5)30(39)13-11-10-12-14-31-34(6,7)27-22-25(44(41,42)43)17-19-29(27)40(31)9-2/h10-22H,8-9H2,1-7H3/b20-16+. The van der Waals surface area contributed by atoms with Gasteiger partial charge in [0, 0.05) is 41.1 Å². The molecule has 10 heteroatoms. The number of fused-ring (bicyclic) bond motifs is 2. The first-order chi connectivity index (χ1) is 20.8. The lowest BCUT2D eigenvalue weighted by Crippen LogP contribution is -2.27. The third-order valence-electron chi connectivity index (χ3n) is 8.45. The molecule has 44 heavy (non-hydrogen) atoms. The summed E-state index contributed by atoms with van der Waals surface area (Å²) in [5.74, 6) is 1.00. The van der Waals surface area contributed by atoms with Crippen molar-refractivity contribution in [3.63, 3.8) is 0 Å². The molecule has 0 amide bonds. The third-order valence-corrected chi connectivity index (χ3v) is 9.28. The van der Waals surface area contributed by atoms with E-state index < -0.39 is 15.5 Å². The molecule has 0 bridgehead atoms. The molecule has 0 radical (unpaired) electrons. The van der Waals surface area contributed by atoms with Crippen molar-refractivity contribution < 1.29 is 17.5 Å². The van der Waals surface area contributed by atoms with Gasteiger partial charge in [-0.25, -0.2) is 8.42 Å². The summed E-state index contributed by atoms with van der Waals surface area (Å²) < 4.78 is 37.4. The van der Waals surface area contributed by atoms with E-state index in [0.29, 0.717) is 18.2 Å². The van der Waals surface area contributed by atoms with Crippen molar-refractivity contribution in [1.82, 2.24) is 20.4 Å². The number of likely N-dealkylation sites (N-methyl/N-ethyl adjacent to an activating group) is 1. The Kier molecular flexibility index (Phi) is 8.26. The fourth-order valence-corrected chi connectivity index (χ4v) is 6.67. The van der Waals surface area contributed by atoms with Gasteiger partial charge in [0.05, 0.1) is 10.3 Å². The lowest BCUT2D eigenvalue weighted by molar-refractivity contribution is -0.433. The zero-order valence-corrected chi connectivity index (χ0v) is 27.1. The summed E-state index contributed by atoms with van der Waals surface area (Å²) in [6, 6.07) is 11.1. The number of aryl methyl sites for hydroxylation is 1. The lowest BCUT2D eigenvalue weighted by atomic mass is 9.80. The molecule has 1 aromatic heterocycles. The fraction of sp³-hybridized carbons (Fsp3) is 0.324. The molecular formula is C34H38N6O3S. The number of benzene rings is 2. The Bertz CT molecular complexity index is 1870. The van der Waals surface area contributed by atoms with E-state index in [1.165, 1.54) is 29.1 Å². The number of anilines is 1. The number of aromatic nitrogens is 4. The Morgan fingerprint density at radius 1 is 0.864 bits per heavy atom. The molecule has 2 aliphatic heterocycles. The second-order valence-electron chi connectivity index (χ2n) is 12.0. The maximum Gasteiger partial charge on any atom is 0.209 e. The molecule has 228 valence electrons. The van der Waals surface area contributed by atoms with Crippen LogP contribution < -0.4 is 4.90 Å². The minimum absolute atomic E-state index is 0.198. The van der Waals surface area contributed by atoms with E-state index in [4.69, 9.17) is 0 Å². The van der Waals surface area contributed by atoms with Gasteiger partial charge in [-0.3, -0.25) is 0 Å². The minimum atomic E-state index is -4.53. The third kappa shape index (κ3) is 5.67. The van der Waals surface area contributed by atoms with Crippen LogP contribution in [0.4, 0.5) is 11.4 Å². The molecule has 0 saturated heterocycles. The molecule has 0 N–H and O–H groups in total. The van der Waals surface area contributed by atoms with E-state index in [9.17, 15) is 13.0 Å². The molecule has 5 rings (SSSR count). The normalized spacial score (nSPS) is 18.4. The molecule has 9 nitrogen and oxygen atoms in total. The van der Waals surface area contributed by atoms with E-state index in [0.717, 1.165) is 29.1 Å². The predicted molar refractivity (Wildman–Crippen MR) is 173 cm³/mol. The lowest BCUT2D eigenvalue weighted by Gasteiger charge is -2.25. The summed E-state index contributed by atoms with van der Waals surface area (Å²) in [5, 5.41) is 16.1. The van der Waals surface area contributed by atoms with Crippen molar-refractivity contribution in [2.24, 2.45) is 0 Å². The van der Waals surface area contributed by atoms with Gasteiger partial charge in [0.1, 0.15) is 16.7 Å². The van der Waals surface area contributed by atoms with Crippen LogP contribution in [-0.4, -0.2) is 56.7 Å². The maximum absolute atomic E-state index is 11.7. The molecule has 2 aliphatic rings. The van der Waals surface area contributed by atoms with Crippen LogP contribution in [0.15, 0.2) is 77.4 Å². The van der Waals surface area contributed by atoms with Crippen LogP contribution in [0.25, 0.3) is 12.2 Å². The van der Waals surface area contributed by atoms with Gasteiger partial charge in [0.2, 0.25) is 5.69 Å². The molecule has 2 aromatic carbocycles. The molecule has 0 unspecified atom stereocenters. The van der Waals surface area contributed by atoms with E-state index in [1.807, 2.05) is 24.3 Å². The Morgan fingerprint density at radius 2 is 1.59 bits per heavy atom. The summed E-state index contributed by atoms with van der Waals surface area (Å²) in [7, 11) is -4.53. The van der Waals surface area contributed by atoms with Crippen molar-refractivity contribution in [2.75, 3.05) is 18.0 Å². The van der Waals surface area contributed by atoms with Gasteiger partial charge in [-0.2, -0.15) is 4.58 Å². The monoisotopic (exact) mass is 610 g/mol. The highest BCUT2D eigenvalue weighted by molar-refractivity contribution is 7.85. The Morgan fingerprint density at radius 3 is 2.25 bits per heavy atom. The van der Waals surface area contributed by atoms with Crippen molar-refractivity contribution in [3.05, 3.63) is 101 Å². The van der Waals surface area contributed by atoms with Crippen LogP contribution >= 0.6 is 0 Å². The number of nitrogens with zero attached hydrogens (tertiary/aromatic N) is 6. The second-order valence-corrected chi connectivity index (χ2v) is 13.3.